The van der Waals surface area contributed by atoms with Crippen molar-refractivity contribution in [2.24, 2.45) is 5.92 Å². The average Bonchev–Trinajstić information content (AvgIpc) is 2.65. The van der Waals surface area contributed by atoms with Crippen molar-refractivity contribution in [3.63, 3.8) is 0 Å². The fraction of sp³-hybridized carbons (Fsp3) is 0.500. The first-order chi connectivity index (χ1) is 14.6. The monoisotopic (exact) mass is 508 g/mol. The van der Waals surface area contributed by atoms with E-state index in [1.165, 1.54) is 10.8 Å². The van der Waals surface area contributed by atoms with Gasteiger partial charge in [-0.05, 0) is 44.7 Å². The second-order valence-corrected chi connectivity index (χ2v) is 7.88. The Bertz CT molecular complexity index is 1080. The molecule has 184 valence electrons. The van der Waals surface area contributed by atoms with Crippen molar-refractivity contribution in [3.8, 4) is 5.69 Å². The van der Waals surface area contributed by atoms with Gasteiger partial charge in [0, 0.05) is 23.5 Å². The van der Waals surface area contributed by atoms with Crippen molar-refractivity contribution in [2.45, 2.75) is 52.4 Å². The molecule has 0 radical (unpaired) electrons. The Hall–Kier alpha value is -2.50. The Morgan fingerprint density at radius 2 is 1.94 bits per heavy atom. The number of nitrogens with zero attached hydrogens (tertiary/aromatic N) is 3. The zero-order valence-corrected chi connectivity index (χ0v) is 20.1. The number of hydrogen-bond acceptors (Lipinski definition) is 7. The maximum Gasteiger partial charge on any atom is 0.298 e. The molecule has 1 saturated carbocycles. The number of carbonyl (C=O) groups is 1. The van der Waals surface area contributed by atoms with E-state index < -0.39 is 29.9 Å². The van der Waals surface area contributed by atoms with Gasteiger partial charge >= 0.3 is 0 Å². The number of nitrogens with one attached hydrogen (secondary N) is 2. The van der Waals surface area contributed by atoms with Gasteiger partial charge in [-0.1, -0.05) is 6.42 Å². The largest absolute Gasteiger partial charge is 0.382 e. The van der Waals surface area contributed by atoms with Gasteiger partial charge in [0.1, 0.15) is 5.82 Å². The Balaban J connectivity index is 0.00000272. The number of halogens is 4. The first-order valence-electron chi connectivity index (χ1n) is 9.96. The van der Waals surface area contributed by atoms with E-state index >= 15 is 0 Å². The fourth-order valence-corrected chi connectivity index (χ4v) is 3.65. The molecule has 33 heavy (non-hydrogen) atoms. The molecule has 0 aliphatic heterocycles. The summed E-state index contributed by atoms with van der Waals surface area (Å²) >= 11 is 0. The minimum atomic E-state index is -2.95. The summed E-state index contributed by atoms with van der Waals surface area (Å²) in [7, 11) is 0. The molecule has 0 atom stereocenters. The zero-order valence-electron chi connectivity index (χ0n) is 18.4. The molecule has 9 nitrogen and oxygen atoms in total. The van der Waals surface area contributed by atoms with Crippen molar-refractivity contribution < 1.29 is 18.8 Å². The lowest BCUT2D eigenvalue weighted by Gasteiger charge is -2.33. The van der Waals surface area contributed by atoms with Gasteiger partial charge in [0.25, 0.3) is 11.5 Å². The number of rotatable bonds is 7. The molecule has 5 N–H and O–H groups in total. The molecule has 1 amide bonds. The standard InChI is InChI=1S/C20H26F2N6O3.2ClH/c1-10-8-24-18(25-9-20(21,22)13-5-4-6-13)19(30)28(10)16-14(7-15(29)27-31)11(2)12(3)26-17(16)23;;/h8,13,31H,4-7,9H2,1-3H3,(H2,23,26)(H,24,25)(H,27,29);2*1H. The van der Waals surface area contributed by atoms with Crippen LogP contribution in [0.5, 0.6) is 0 Å². The lowest BCUT2D eigenvalue weighted by atomic mass is 9.80. The normalized spacial score (nSPS) is 13.4. The molecule has 2 aromatic heterocycles. The summed E-state index contributed by atoms with van der Waals surface area (Å²) in [6.45, 7) is 4.31. The molecule has 1 aliphatic carbocycles. The average molecular weight is 509 g/mol. The van der Waals surface area contributed by atoms with Gasteiger partial charge in [-0.15, -0.1) is 24.8 Å². The van der Waals surface area contributed by atoms with E-state index in [2.05, 4.69) is 15.3 Å². The zero-order chi connectivity index (χ0) is 22.9. The summed E-state index contributed by atoms with van der Waals surface area (Å²) in [4.78, 5) is 33.3. The van der Waals surface area contributed by atoms with Crippen LogP contribution in [0, 0.1) is 26.7 Å². The minimum Gasteiger partial charge on any atom is -0.382 e. The topological polar surface area (TPSA) is 135 Å². The second-order valence-electron chi connectivity index (χ2n) is 7.88. The highest BCUT2D eigenvalue weighted by atomic mass is 35.5. The summed E-state index contributed by atoms with van der Waals surface area (Å²) in [6, 6.07) is 0. The summed E-state index contributed by atoms with van der Waals surface area (Å²) in [5.74, 6) is -4.61. The third-order valence-corrected chi connectivity index (χ3v) is 5.83. The molecule has 2 heterocycles. The van der Waals surface area contributed by atoms with Crippen molar-refractivity contribution in [3.05, 3.63) is 39.1 Å². The third-order valence-electron chi connectivity index (χ3n) is 5.83. The van der Waals surface area contributed by atoms with Crippen LogP contribution < -0.4 is 22.1 Å². The van der Waals surface area contributed by atoms with Crippen LogP contribution in [0.4, 0.5) is 20.4 Å². The van der Waals surface area contributed by atoms with E-state index in [0.717, 1.165) is 6.42 Å². The highest BCUT2D eigenvalue weighted by Crippen LogP contribution is 2.39. The van der Waals surface area contributed by atoms with E-state index in [0.29, 0.717) is 35.4 Å². The van der Waals surface area contributed by atoms with E-state index in [-0.39, 0.29) is 48.6 Å². The lowest BCUT2D eigenvalue weighted by molar-refractivity contribution is -0.128. The number of nitrogen functional groups attached to an aromatic ring is 1. The Morgan fingerprint density at radius 3 is 2.48 bits per heavy atom. The SMILES string of the molecule is Cc1nc(N)c(-n2c(C)cnc(NCC(F)(F)C3CCC3)c2=O)c(CC(=O)NO)c1C.Cl.Cl. The number of alkyl halides is 2. The molecule has 3 rings (SSSR count). The van der Waals surface area contributed by atoms with Crippen molar-refractivity contribution >= 4 is 42.4 Å². The van der Waals surface area contributed by atoms with Crippen molar-refractivity contribution in [1.29, 1.82) is 0 Å². The van der Waals surface area contributed by atoms with Gasteiger partial charge in [-0.25, -0.2) is 24.2 Å². The number of aryl methyl sites for hydroxylation is 2. The molecule has 1 fully saturated rings. The van der Waals surface area contributed by atoms with Crippen LogP contribution in [0.1, 0.15) is 41.8 Å². The van der Waals surface area contributed by atoms with Crippen molar-refractivity contribution in [2.75, 3.05) is 17.6 Å². The number of anilines is 2. The molecule has 2 aromatic rings. The maximum absolute atomic E-state index is 14.3. The second kappa shape index (κ2) is 11.1. The first-order valence-corrected chi connectivity index (χ1v) is 9.96. The van der Waals surface area contributed by atoms with Crippen LogP contribution >= 0.6 is 24.8 Å². The summed E-state index contributed by atoms with van der Waals surface area (Å²) in [6.07, 6.45) is 2.79. The van der Waals surface area contributed by atoms with E-state index in [9.17, 15) is 18.4 Å². The highest BCUT2D eigenvalue weighted by molar-refractivity contribution is 5.85. The third kappa shape index (κ3) is 5.71. The molecule has 0 saturated heterocycles. The van der Waals surface area contributed by atoms with Gasteiger partial charge in [0.2, 0.25) is 5.91 Å². The molecule has 0 unspecified atom stereocenters. The number of hydroxylamine groups is 1. The van der Waals surface area contributed by atoms with Gasteiger partial charge < -0.3 is 11.1 Å². The fourth-order valence-electron chi connectivity index (χ4n) is 3.65. The summed E-state index contributed by atoms with van der Waals surface area (Å²) < 4.78 is 29.8. The van der Waals surface area contributed by atoms with Crippen LogP contribution in [0.3, 0.4) is 0 Å². The van der Waals surface area contributed by atoms with Gasteiger partial charge in [-0.2, -0.15) is 0 Å². The van der Waals surface area contributed by atoms with Gasteiger partial charge in [0.15, 0.2) is 5.82 Å². The van der Waals surface area contributed by atoms with Gasteiger partial charge in [-0.3, -0.25) is 19.4 Å². The van der Waals surface area contributed by atoms with Crippen LogP contribution in [0.2, 0.25) is 0 Å². The quantitative estimate of drug-likeness (QED) is 0.333. The number of carbonyl (C=O) groups excluding carboxylic acids is 1. The Labute approximate surface area is 202 Å². The van der Waals surface area contributed by atoms with Crippen LogP contribution in [-0.2, 0) is 11.2 Å². The predicted octanol–water partition coefficient (Wildman–Crippen LogP) is 2.87. The number of nitrogens with two attached hydrogens (primary N) is 1. The van der Waals surface area contributed by atoms with E-state index in [1.807, 2.05) is 0 Å². The van der Waals surface area contributed by atoms with Crippen LogP contribution in [-0.4, -0.2) is 38.1 Å². The molecule has 1 aliphatic rings. The number of aromatic nitrogens is 3. The first kappa shape index (κ1) is 28.5. The molecule has 0 spiro atoms. The molecular weight excluding hydrogens is 481 g/mol. The minimum absolute atomic E-state index is 0. The number of hydrogen-bond donors (Lipinski definition) is 4. The smallest absolute Gasteiger partial charge is 0.298 e. The highest BCUT2D eigenvalue weighted by Gasteiger charge is 2.42. The number of amides is 1. The Kier molecular flexibility index (Phi) is 9.58. The maximum atomic E-state index is 14.3. The van der Waals surface area contributed by atoms with Crippen molar-refractivity contribution in [1.82, 2.24) is 20.0 Å². The van der Waals surface area contributed by atoms with Crippen LogP contribution in [0.25, 0.3) is 5.69 Å². The summed E-state index contributed by atoms with van der Waals surface area (Å²) in [5.41, 5.74) is 9.08. The molecular formula is C20H28Cl2F2N6O3. The molecule has 0 aromatic carbocycles. The predicted molar refractivity (Wildman–Crippen MR) is 125 cm³/mol. The van der Waals surface area contributed by atoms with Gasteiger partial charge in [0.05, 0.1) is 18.7 Å². The van der Waals surface area contributed by atoms with E-state index in [4.69, 9.17) is 10.9 Å². The van der Waals surface area contributed by atoms with Crippen LogP contribution in [0.15, 0.2) is 11.0 Å². The summed E-state index contributed by atoms with van der Waals surface area (Å²) in [5, 5.41) is 11.4. The number of pyridine rings is 1. The van der Waals surface area contributed by atoms with E-state index in [1.54, 1.807) is 26.3 Å². The Morgan fingerprint density at radius 1 is 1.30 bits per heavy atom. The molecule has 0 bridgehead atoms. The molecule has 13 heteroatoms. The lowest BCUT2D eigenvalue weighted by Crippen LogP contribution is -2.40.